The van der Waals surface area contributed by atoms with Gasteiger partial charge in [-0.2, -0.15) is 0 Å². The van der Waals surface area contributed by atoms with Crippen molar-refractivity contribution in [3.8, 4) is 0 Å². The van der Waals surface area contributed by atoms with Crippen LogP contribution in [0.3, 0.4) is 0 Å². The van der Waals surface area contributed by atoms with Gasteiger partial charge in [-0.25, -0.2) is 13.2 Å². The van der Waals surface area contributed by atoms with Gasteiger partial charge >= 0.3 is 6.03 Å². The van der Waals surface area contributed by atoms with Gasteiger partial charge < -0.3 is 16.0 Å². The largest absolute Gasteiger partial charge is 0.334 e. The normalized spacial score (nSPS) is 19.1. The molecule has 10 heteroatoms. The van der Waals surface area contributed by atoms with Gasteiger partial charge in [0.1, 0.15) is 0 Å². The number of hydrogen-bond donors (Lipinski definition) is 3. The van der Waals surface area contributed by atoms with Crippen molar-refractivity contribution in [2.24, 2.45) is 0 Å². The van der Waals surface area contributed by atoms with Crippen LogP contribution in [-0.2, 0) is 14.6 Å². The van der Waals surface area contributed by atoms with Crippen molar-refractivity contribution in [1.29, 1.82) is 0 Å². The smallest absolute Gasteiger partial charge is 0.315 e. The summed E-state index contributed by atoms with van der Waals surface area (Å²) in [5.41, 5.74) is 0.414. The lowest BCUT2D eigenvalue weighted by atomic mass is 10.3. The maximum Gasteiger partial charge on any atom is 0.315 e. The Kier molecular flexibility index (Phi) is 5.72. The van der Waals surface area contributed by atoms with E-state index in [-0.39, 0.29) is 18.1 Å². The molecule has 1 saturated heterocycles. The first-order valence-corrected chi connectivity index (χ1v) is 9.32. The molecule has 2 rings (SSSR count). The first kappa shape index (κ1) is 17.8. The van der Waals surface area contributed by atoms with E-state index in [9.17, 15) is 18.0 Å². The zero-order chi connectivity index (χ0) is 17.0. The molecule has 1 fully saturated rings. The average molecular weight is 380 g/mol. The summed E-state index contributed by atoms with van der Waals surface area (Å²) in [4.78, 5) is 23.4. The van der Waals surface area contributed by atoms with Crippen LogP contribution < -0.4 is 16.0 Å². The number of hydrogen-bond acceptors (Lipinski definition) is 4. The minimum absolute atomic E-state index is 0.0635. The van der Waals surface area contributed by atoms with Gasteiger partial charge in [0.15, 0.2) is 9.84 Å². The van der Waals surface area contributed by atoms with Gasteiger partial charge in [0.05, 0.1) is 18.1 Å². The van der Waals surface area contributed by atoms with E-state index in [2.05, 4.69) is 16.0 Å². The molecule has 1 atom stereocenters. The van der Waals surface area contributed by atoms with E-state index in [0.29, 0.717) is 22.2 Å². The fraction of sp³-hybridized carbons (Fsp3) is 0.385. The highest BCUT2D eigenvalue weighted by atomic mass is 35.5. The Hall–Kier alpha value is -1.51. The molecule has 1 aliphatic heterocycles. The second kappa shape index (κ2) is 7.37. The third kappa shape index (κ3) is 5.89. The number of amides is 3. The SMILES string of the molecule is O=C(CNC(=O)N[C@H]1CCS(=O)(=O)C1)Nc1cc(Cl)cc(Cl)c1. The molecule has 1 heterocycles. The van der Waals surface area contributed by atoms with E-state index >= 15 is 0 Å². The molecule has 23 heavy (non-hydrogen) atoms. The van der Waals surface area contributed by atoms with Crippen LogP contribution in [0, 0.1) is 0 Å². The van der Waals surface area contributed by atoms with Crippen molar-refractivity contribution >= 4 is 50.7 Å². The second-order valence-electron chi connectivity index (χ2n) is 5.13. The molecule has 3 amide bonds. The standard InChI is InChI=1S/C13H15Cl2N3O4S/c14-8-3-9(15)5-11(4-8)17-12(19)6-16-13(20)18-10-1-2-23(21,22)7-10/h3-5,10H,1-2,6-7H2,(H,17,19)(H2,16,18,20)/t10-/m0/s1. The zero-order valence-corrected chi connectivity index (χ0v) is 14.3. The second-order valence-corrected chi connectivity index (χ2v) is 8.23. The molecule has 0 radical (unpaired) electrons. The molecule has 1 aromatic rings. The molecule has 7 nitrogen and oxygen atoms in total. The summed E-state index contributed by atoms with van der Waals surface area (Å²) in [6.45, 7) is -0.268. The van der Waals surface area contributed by atoms with Crippen molar-refractivity contribution in [3.05, 3.63) is 28.2 Å². The van der Waals surface area contributed by atoms with Crippen LogP contribution in [0.2, 0.25) is 10.0 Å². The van der Waals surface area contributed by atoms with Gasteiger partial charge in [-0.3, -0.25) is 4.79 Å². The van der Waals surface area contributed by atoms with E-state index in [1.807, 2.05) is 0 Å². The van der Waals surface area contributed by atoms with Crippen LogP contribution in [-0.4, -0.2) is 44.4 Å². The zero-order valence-electron chi connectivity index (χ0n) is 11.9. The monoisotopic (exact) mass is 379 g/mol. The van der Waals surface area contributed by atoms with E-state index in [1.165, 1.54) is 18.2 Å². The van der Waals surface area contributed by atoms with Gasteiger partial charge in [0, 0.05) is 21.8 Å². The third-order valence-electron chi connectivity index (χ3n) is 3.12. The van der Waals surface area contributed by atoms with E-state index in [4.69, 9.17) is 23.2 Å². The Labute approximate surface area is 143 Å². The molecular formula is C13H15Cl2N3O4S. The molecule has 1 aliphatic rings. The average Bonchev–Trinajstić information content (AvgIpc) is 2.74. The number of sulfone groups is 1. The number of nitrogens with one attached hydrogen (secondary N) is 3. The van der Waals surface area contributed by atoms with Crippen molar-refractivity contribution in [2.75, 3.05) is 23.4 Å². The summed E-state index contributed by atoms with van der Waals surface area (Å²) in [5, 5.41) is 8.17. The minimum atomic E-state index is -3.07. The van der Waals surface area contributed by atoms with Crippen LogP contribution in [0.4, 0.5) is 10.5 Å². The van der Waals surface area contributed by atoms with Crippen molar-refractivity contribution in [2.45, 2.75) is 12.5 Å². The molecular weight excluding hydrogens is 365 g/mol. The number of carbonyl (C=O) groups excluding carboxylic acids is 2. The first-order chi connectivity index (χ1) is 10.7. The van der Waals surface area contributed by atoms with E-state index in [1.54, 1.807) is 0 Å². The maximum absolute atomic E-state index is 11.7. The number of urea groups is 1. The van der Waals surface area contributed by atoms with Gasteiger partial charge in [0.25, 0.3) is 0 Å². The molecule has 3 N–H and O–H groups in total. The van der Waals surface area contributed by atoms with Crippen LogP contribution in [0.1, 0.15) is 6.42 Å². The Morgan fingerprint density at radius 3 is 2.39 bits per heavy atom. The van der Waals surface area contributed by atoms with E-state index < -0.39 is 27.8 Å². The van der Waals surface area contributed by atoms with Crippen LogP contribution in [0.25, 0.3) is 0 Å². The van der Waals surface area contributed by atoms with Crippen molar-refractivity contribution < 1.29 is 18.0 Å². The predicted octanol–water partition coefficient (Wildman–Crippen LogP) is 1.42. The van der Waals surface area contributed by atoms with Crippen molar-refractivity contribution in [1.82, 2.24) is 10.6 Å². The molecule has 126 valence electrons. The quantitative estimate of drug-likeness (QED) is 0.735. The van der Waals surface area contributed by atoms with E-state index in [0.717, 1.165) is 0 Å². The van der Waals surface area contributed by atoms with Crippen LogP contribution >= 0.6 is 23.2 Å². The Morgan fingerprint density at radius 1 is 1.17 bits per heavy atom. The Morgan fingerprint density at radius 2 is 1.83 bits per heavy atom. The van der Waals surface area contributed by atoms with Crippen LogP contribution in [0.15, 0.2) is 18.2 Å². The van der Waals surface area contributed by atoms with Crippen LogP contribution in [0.5, 0.6) is 0 Å². The van der Waals surface area contributed by atoms with Gasteiger partial charge in [0.2, 0.25) is 5.91 Å². The number of carbonyl (C=O) groups is 2. The molecule has 0 spiro atoms. The number of halogens is 2. The number of benzene rings is 1. The molecule has 0 aliphatic carbocycles. The lowest BCUT2D eigenvalue weighted by molar-refractivity contribution is -0.115. The summed E-state index contributed by atoms with van der Waals surface area (Å²) < 4.78 is 22.6. The molecule has 0 bridgehead atoms. The predicted molar refractivity (Wildman–Crippen MR) is 88.7 cm³/mol. The van der Waals surface area contributed by atoms with Gasteiger partial charge in [-0.15, -0.1) is 0 Å². The van der Waals surface area contributed by atoms with Crippen molar-refractivity contribution in [3.63, 3.8) is 0 Å². The molecule has 0 saturated carbocycles. The minimum Gasteiger partial charge on any atom is -0.334 e. The highest BCUT2D eigenvalue weighted by Gasteiger charge is 2.28. The first-order valence-electron chi connectivity index (χ1n) is 6.74. The molecule has 0 unspecified atom stereocenters. The lowest BCUT2D eigenvalue weighted by Gasteiger charge is -2.12. The highest BCUT2D eigenvalue weighted by Crippen LogP contribution is 2.22. The summed E-state index contributed by atoms with van der Waals surface area (Å²) in [7, 11) is -3.07. The third-order valence-corrected chi connectivity index (χ3v) is 5.33. The lowest BCUT2D eigenvalue weighted by Crippen LogP contribution is -2.45. The topological polar surface area (TPSA) is 104 Å². The Bertz CT molecular complexity index is 704. The number of rotatable bonds is 4. The fourth-order valence-corrected chi connectivity index (χ4v) is 4.34. The molecule has 1 aromatic carbocycles. The molecule has 0 aromatic heterocycles. The summed E-state index contributed by atoms with van der Waals surface area (Å²) in [6.07, 6.45) is 0.378. The summed E-state index contributed by atoms with van der Waals surface area (Å²) in [6, 6.07) is 3.56. The Balaban J connectivity index is 1.76. The number of anilines is 1. The fourth-order valence-electron chi connectivity index (χ4n) is 2.14. The maximum atomic E-state index is 11.7. The van der Waals surface area contributed by atoms with Gasteiger partial charge in [-0.1, -0.05) is 23.2 Å². The summed E-state index contributed by atoms with van der Waals surface area (Å²) in [5.74, 6) is -0.473. The van der Waals surface area contributed by atoms with Gasteiger partial charge in [-0.05, 0) is 24.6 Å². The summed E-state index contributed by atoms with van der Waals surface area (Å²) >= 11 is 11.6. The highest BCUT2D eigenvalue weighted by molar-refractivity contribution is 7.91.